The fourth-order valence-electron chi connectivity index (χ4n) is 11.9. The van der Waals surface area contributed by atoms with Crippen LogP contribution in [0.25, 0.3) is 54.9 Å². The number of benzene rings is 10. The van der Waals surface area contributed by atoms with Crippen molar-refractivity contribution in [2.75, 3.05) is 4.90 Å². The van der Waals surface area contributed by atoms with Crippen LogP contribution in [0.5, 0.6) is 0 Å². The van der Waals surface area contributed by atoms with E-state index in [-0.39, 0.29) is 10.8 Å². The molecule has 2 aliphatic rings. The Morgan fingerprint density at radius 3 is 1.61 bits per heavy atom. The SMILES string of the molecule is CC1(C)CCC(C)(C)c2c(-c3cc4c(cc3N(c3ccc(-c5ccccc5)cc3)c3cc5ccccc5c5ccccc35)C(c3ccccc3)(c3ccccc3)c3ccccc3-4)cccc21. The standard InChI is InChI=1S/C65H53N/c1-63(2)39-40-64(3,4)62-54(32-20-34-58(62)63)56-42-55-52-30-18-19-33-57(52)65(47-24-10-6-11-25-47,48-26-12-7-13-27-48)59(55)43-61(56)66(49-37-35-45(36-38-49)44-21-8-5-9-22-44)60-41-46-23-14-15-28-50(46)51-29-16-17-31-53(51)60/h5-38,41-43H,39-40H2,1-4H3. The molecule has 12 rings (SSSR count). The molecule has 1 heteroatoms. The van der Waals surface area contributed by atoms with E-state index in [2.05, 4.69) is 257 Å². The zero-order chi connectivity index (χ0) is 44.6. The third-order valence-corrected chi connectivity index (χ3v) is 15.2. The van der Waals surface area contributed by atoms with Crippen molar-refractivity contribution in [2.45, 2.75) is 56.8 Å². The quantitative estimate of drug-likeness (QED) is 0.144. The van der Waals surface area contributed by atoms with Crippen molar-refractivity contribution in [1.82, 2.24) is 0 Å². The fraction of sp³-hybridized carbons (Fsp3) is 0.138. The first kappa shape index (κ1) is 40.1. The van der Waals surface area contributed by atoms with E-state index in [1.54, 1.807) is 0 Å². The minimum absolute atomic E-state index is 0.0364. The number of fused-ring (bicyclic) bond motifs is 7. The lowest BCUT2D eigenvalue weighted by atomic mass is 9.61. The largest absolute Gasteiger partial charge is 0.309 e. The third-order valence-electron chi connectivity index (χ3n) is 15.2. The molecular formula is C65H53N. The lowest BCUT2D eigenvalue weighted by Crippen LogP contribution is -2.34. The van der Waals surface area contributed by atoms with Crippen LogP contribution in [0, 0.1) is 0 Å². The van der Waals surface area contributed by atoms with Gasteiger partial charge in [-0.3, -0.25) is 0 Å². The van der Waals surface area contributed by atoms with Gasteiger partial charge in [0.1, 0.15) is 0 Å². The molecular weight excluding hydrogens is 795 g/mol. The van der Waals surface area contributed by atoms with Crippen LogP contribution in [0.15, 0.2) is 224 Å². The summed E-state index contributed by atoms with van der Waals surface area (Å²) in [5.41, 5.74) is 18.4. The summed E-state index contributed by atoms with van der Waals surface area (Å²) >= 11 is 0. The van der Waals surface area contributed by atoms with Gasteiger partial charge in [0.2, 0.25) is 0 Å². The van der Waals surface area contributed by atoms with Crippen LogP contribution in [-0.4, -0.2) is 0 Å². The topological polar surface area (TPSA) is 3.24 Å². The Bertz CT molecular complexity index is 3410. The molecule has 0 unspecified atom stereocenters. The van der Waals surface area contributed by atoms with Crippen molar-refractivity contribution >= 4 is 38.6 Å². The molecule has 1 nitrogen and oxygen atoms in total. The van der Waals surface area contributed by atoms with E-state index in [0.717, 1.165) is 24.2 Å². The van der Waals surface area contributed by atoms with Gasteiger partial charge in [0.15, 0.2) is 0 Å². The molecule has 10 aromatic rings. The van der Waals surface area contributed by atoms with Gasteiger partial charge in [-0.05, 0) is 131 Å². The zero-order valence-corrected chi connectivity index (χ0v) is 38.2. The number of hydrogen-bond donors (Lipinski definition) is 0. The molecule has 0 atom stereocenters. The van der Waals surface area contributed by atoms with Gasteiger partial charge in [0.25, 0.3) is 0 Å². The molecule has 0 aliphatic heterocycles. The van der Waals surface area contributed by atoms with E-state index in [0.29, 0.717) is 0 Å². The van der Waals surface area contributed by atoms with E-state index in [9.17, 15) is 0 Å². The average molecular weight is 848 g/mol. The molecule has 0 amide bonds. The second kappa shape index (κ2) is 15.3. The molecule has 0 aromatic heterocycles. The van der Waals surface area contributed by atoms with Crippen LogP contribution >= 0.6 is 0 Å². The highest BCUT2D eigenvalue weighted by Crippen LogP contribution is 2.60. The summed E-state index contributed by atoms with van der Waals surface area (Å²) in [6.45, 7) is 9.83. The van der Waals surface area contributed by atoms with Gasteiger partial charge >= 0.3 is 0 Å². The summed E-state index contributed by atoms with van der Waals surface area (Å²) in [5.74, 6) is 0. The molecule has 0 bridgehead atoms. The lowest BCUT2D eigenvalue weighted by Gasteiger charge is -2.43. The molecule has 0 spiro atoms. The van der Waals surface area contributed by atoms with Gasteiger partial charge in [-0.25, -0.2) is 0 Å². The summed E-state index contributed by atoms with van der Waals surface area (Å²) < 4.78 is 0. The highest BCUT2D eigenvalue weighted by atomic mass is 15.1. The Kier molecular flexibility index (Phi) is 9.30. The first-order chi connectivity index (χ1) is 32.2. The van der Waals surface area contributed by atoms with Crippen molar-refractivity contribution in [3.8, 4) is 33.4 Å². The van der Waals surface area contributed by atoms with Crippen LogP contribution in [-0.2, 0) is 16.2 Å². The molecule has 0 saturated carbocycles. The van der Waals surface area contributed by atoms with Crippen LogP contribution in [0.3, 0.4) is 0 Å². The third kappa shape index (κ3) is 6.13. The Hall–Kier alpha value is -7.48. The van der Waals surface area contributed by atoms with Crippen molar-refractivity contribution in [3.05, 3.63) is 258 Å². The van der Waals surface area contributed by atoms with E-state index in [4.69, 9.17) is 0 Å². The molecule has 0 radical (unpaired) electrons. The van der Waals surface area contributed by atoms with Crippen LogP contribution in [0.1, 0.15) is 73.9 Å². The summed E-state index contributed by atoms with van der Waals surface area (Å²) in [7, 11) is 0. The predicted octanol–water partition coefficient (Wildman–Crippen LogP) is 17.5. The van der Waals surface area contributed by atoms with Crippen LogP contribution < -0.4 is 4.90 Å². The summed E-state index contributed by atoms with van der Waals surface area (Å²) in [5, 5.41) is 4.94. The highest BCUT2D eigenvalue weighted by molar-refractivity contribution is 6.15. The van der Waals surface area contributed by atoms with Gasteiger partial charge in [0, 0.05) is 16.6 Å². The number of nitrogens with zero attached hydrogens (tertiary/aromatic N) is 1. The monoisotopic (exact) mass is 847 g/mol. The van der Waals surface area contributed by atoms with Crippen LogP contribution in [0.2, 0.25) is 0 Å². The molecule has 318 valence electrons. The van der Waals surface area contributed by atoms with E-state index < -0.39 is 5.41 Å². The first-order valence-corrected chi connectivity index (χ1v) is 23.6. The number of anilines is 3. The molecule has 0 N–H and O–H groups in total. The number of rotatable bonds is 7. The summed E-state index contributed by atoms with van der Waals surface area (Å²) in [6.07, 6.45) is 2.28. The summed E-state index contributed by atoms with van der Waals surface area (Å²) in [6, 6.07) is 84.3. The predicted molar refractivity (Wildman–Crippen MR) is 280 cm³/mol. The molecule has 0 heterocycles. The highest BCUT2D eigenvalue weighted by Gasteiger charge is 2.47. The normalized spacial score (nSPS) is 15.2. The molecule has 66 heavy (non-hydrogen) atoms. The maximum atomic E-state index is 2.60. The Labute approximate surface area is 389 Å². The van der Waals surface area contributed by atoms with Crippen molar-refractivity contribution < 1.29 is 0 Å². The lowest BCUT2D eigenvalue weighted by molar-refractivity contribution is 0.333. The molecule has 2 aliphatic carbocycles. The Morgan fingerprint density at radius 1 is 0.348 bits per heavy atom. The van der Waals surface area contributed by atoms with E-state index in [1.807, 2.05) is 0 Å². The Morgan fingerprint density at radius 2 is 0.894 bits per heavy atom. The second-order valence-corrected chi connectivity index (χ2v) is 19.8. The molecule has 0 fully saturated rings. The van der Waals surface area contributed by atoms with Crippen LogP contribution in [0.4, 0.5) is 17.1 Å². The van der Waals surface area contributed by atoms with Gasteiger partial charge in [0.05, 0.1) is 16.8 Å². The second-order valence-electron chi connectivity index (χ2n) is 19.8. The van der Waals surface area contributed by atoms with Crippen molar-refractivity contribution in [2.24, 2.45) is 0 Å². The smallest absolute Gasteiger partial charge is 0.0714 e. The van der Waals surface area contributed by atoms with Crippen molar-refractivity contribution in [1.29, 1.82) is 0 Å². The first-order valence-electron chi connectivity index (χ1n) is 23.6. The van der Waals surface area contributed by atoms with Crippen molar-refractivity contribution in [3.63, 3.8) is 0 Å². The average Bonchev–Trinajstić information content (AvgIpc) is 3.66. The van der Waals surface area contributed by atoms with Gasteiger partial charge in [-0.1, -0.05) is 222 Å². The maximum Gasteiger partial charge on any atom is 0.0714 e. The molecule has 10 aromatic carbocycles. The van der Waals surface area contributed by atoms with Gasteiger partial charge in [-0.2, -0.15) is 0 Å². The molecule has 0 saturated heterocycles. The zero-order valence-electron chi connectivity index (χ0n) is 38.2. The summed E-state index contributed by atoms with van der Waals surface area (Å²) in [4.78, 5) is 2.60. The van der Waals surface area contributed by atoms with Gasteiger partial charge in [-0.15, -0.1) is 0 Å². The number of hydrogen-bond acceptors (Lipinski definition) is 1. The van der Waals surface area contributed by atoms with E-state index in [1.165, 1.54) is 94.0 Å². The Balaban J connectivity index is 1.26. The fourth-order valence-corrected chi connectivity index (χ4v) is 11.9. The van der Waals surface area contributed by atoms with Gasteiger partial charge < -0.3 is 4.90 Å². The minimum Gasteiger partial charge on any atom is -0.309 e. The minimum atomic E-state index is -0.576. The maximum absolute atomic E-state index is 2.60. The van der Waals surface area contributed by atoms with E-state index >= 15 is 0 Å².